The van der Waals surface area contributed by atoms with Crippen LogP contribution in [-0.4, -0.2) is 36.9 Å². The second-order valence-electron chi connectivity index (χ2n) is 7.26. The van der Waals surface area contributed by atoms with Crippen LogP contribution < -0.4 is 9.47 Å². The molecule has 5 nitrogen and oxygen atoms in total. The van der Waals surface area contributed by atoms with Gasteiger partial charge in [0.05, 0.1) is 18.8 Å². The van der Waals surface area contributed by atoms with E-state index in [4.69, 9.17) is 9.47 Å². The molecule has 1 aromatic rings. The summed E-state index contributed by atoms with van der Waals surface area (Å²) in [5, 5.41) is 10.7. The van der Waals surface area contributed by atoms with Gasteiger partial charge in [-0.05, 0) is 43.4 Å². The average molecular weight is 359 g/mol. The number of benzene rings is 1. The molecule has 0 spiro atoms. The topological polar surface area (TPSA) is 68.1 Å². The Morgan fingerprint density at radius 3 is 2.42 bits per heavy atom. The van der Waals surface area contributed by atoms with Gasteiger partial charge in [-0.2, -0.15) is 0 Å². The molecule has 0 aromatic heterocycles. The predicted molar refractivity (Wildman–Crippen MR) is 104 cm³/mol. The lowest BCUT2D eigenvalue weighted by Crippen LogP contribution is -2.32. The third kappa shape index (κ3) is 4.65. The van der Waals surface area contributed by atoms with Gasteiger partial charge in [-0.25, -0.2) is 0 Å². The number of ketones is 1. The van der Waals surface area contributed by atoms with Gasteiger partial charge in [0.15, 0.2) is 17.3 Å². The molecule has 0 saturated heterocycles. The van der Waals surface area contributed by atoms with Crippen molar-refractivity contribution < 1.29 is 19.4 Å². The number of Topliss-reactive ketones (excluding diaryl/α,β-unsaturated/α-hetero) is 1. The summed E-state index contributed by atoms with van der Waals surface area (Å²) in [6, 6.07) is 5.57. The lowest BCUT2D eigenvalue weighted by molar-refractivity contribution is -0.117. The Morgan fingerprint density at radius 1 is 1.15 bits per heavy atom. The highest BCUT2D eigenvalue weighted by molar-refractivity contribution is 6.24. The Kier molecular flexibility index (Phi) is 6.46. The van der Waals surface area contributed by atoms with Crippen LogP contribution in [0.15, 0.2) is 34.5 Å². The summed E-state index contributed by atoms with van der Waals surface area (Å²) in [6.07, 6.45) is 1.36. The summed E-state index contributed by atoms with van der Waals surface area (Å²) in [4.78, 5) is 16.8. The summed E-state index contributed by atoms with van der Waals surface area (Å²) in [5.74, 6) is 1.34. The molecule has 5 heteroatoms. The molecule has 0 amide bonds. The fraction of sp³-hybridized carbons (Fsp3) is 0.524. The summed E-state index contributed by atoms with van der Waals surface area (Å²) < 4.78 is 11.2. The number of ether oxygens (including phenoxy) is 2. The van der Waals surface area contributed by atoms with Crippen molar-refractivity contribution in [2.45, 2.75) is 47.0 Å². The van der Waals surface area contributed by atoms with E-state index in [0.29, 0.717) is 48.8 Å². The monoisotopic (exact) mass is 359 g/mol. The van der Waals surface area contributed by atoms with E-state index in [9.17, 15) is 9.90 Å². The average Bonchev–Trinajstić information content (AvgIpc) is 2.55. The molecule has 0 heterocycles. The van der Waals surface area contributed by atoms with Crippen LogP contribution >= 0.6 is 0 Å². The number of carbonyl (C=O) groups excluding carboxylic acids is 1. The standard InChI is InChI=1S/C21H29NO4/c1-6-25-18-9-8-14(11-19(18)26-7-2)10-16(23)20-15(22-5)12-21(3,4)13-17(20)24/h8-9,11,23H,6-7,10,12-13H2,1-5H3. The number of carbonyl (C=O) groups is 1. The summed E-state index contributed by atoms with van der Waals surface area (Å²) >= 11 is 0. The lowest BCUT2D eigenvalue weighted by atomic mass is 9.73. The van der Waals surface area contributed by atoms with Gasteiger partial charge < -0.3 is 14.6 Å². The van der Waals surface area contributed by atoms with Gasteiger partial charge in [0.25, 0.3) is 0 Å². The van der Waals surface area contributed by atoms with E-state index in [0.717, 1.165) is 5.56 Å². The van der Waals surface area contributed by atoms with E-state index >= 15 is 0 Å². The second kappa shape index (κ2) is 8.39. The third-order valence-corrected chi connectivity index (χ3v) is 4.39. The van der Waals surface area contributed by atoms with Crippen molar-refractivity contribution in [1.82, 2.24) is 0 Å². The zero-order chi connectivity index (χ0) is 19.3. The molecule has 1 N–H and O–H groups in total. The number of aliphatic hydroxyl groups excluding tert-OH is 1. The third-order valence-electron chi connectivity index (χ3n) is 4.39. The minimum Gasteiger partial charge on any atom is -0.511 e. The highest BCUT2D eigenvalue weighted by atomic mass is 16.5. The van der Waals surface area contributed by atoms with Crippen LogP contribution in [0.5, 0.6) is 11.5 Å². The summed E-state index contributed by atoms with van der Waals surface area (Å²) in [5.41, 5.74) is 1.78. The Hall–Kier alpha value is -2.30. The van der Waals surface area contributed by atoms with Crippen molar-refractivity contribution in [3.05, 3.63) is 35.1 Å². The largest absolute Gasteiger partial charge is 0.511 e. The van der Waals surface area contributed by atoms with Crippen LogP contribution in [0.2, 0.25) is 0 Å². The molecular weight excluding hydrogens is 330 g/mol. The van der Waals surface area contributed by atoms with Crippen LogP contribution in [0.1, 0.15) is 46.1 Å². The highest BCUT2D eigenvalue weighted by Gasteiger charge is 2.35. The molecule has 1 aliphatic rings. The van der Waals surface area contributed by atoms with E-state index in [1.807, 2.05) is 45.9 Å². The molecule has 26 heavy (non-hydrogen) atoms. The number of aliphatic hydroxyl groups is 1. The fourth-order valence-corrected chi connectivity index (χ4v) is 3.29. The van der Waals surface area contributed by atoms with Crippen LogP contribution in [0, 0.1) is 5.41 Å². The second-order valence-corrected chi connectivity index (χ2v) is 7.26. The van der Waals surface area contributed by atoms with Gasteiger partial charge in [0, 0.05) is 25.6 Å². The van der Waals surface area contributed by atoms with Crippen molar-refractivity contribution in [2.24, 2.45) is 10.4 Å². The summed E-state index contributed by atoms with van der Waals surface area (Å²) in [6.45, 7) is 9.00. The van der Waals surface area contributed by atoms with Crippen LogP contribution in [0.25, 0.3) is 0 Å². The SMILES string of the molecule is CCOc1ccc(CC(O)=C2C(=O)CC(C)(C)CC2=NC)cc1OCC. The van der Waals surface area contributed by atoms with Crippen molar-refractivity contribution in [1.29, 1.82) is 0 Å². The molecule has 1 fully saturated rings. The van der Waals surface area contributed by atoms with Gasteiger partial charge in [0.1, 0.15) is 5.76 Å². The van der Waals surface area contributed by atoms with Crippen LogP contribution in [-0.2, 0) is 11.2 Å². The van der Waals surface area contributed by atoms with Crippen molar-refractivity contribution in [3.63, 3.8) is 0 Å². The first-order chi connectivity index (χ1) is 12.3. The Morgan fingerprint density at radius 2 is 1.81 bits per heavy atom. The zero-order valence-corrected chi connectivity index (χ0v) is 16.4. The first-order valence-electron chi connectivity index (χ1n) is 9.11. The maximum atomic E-state index is 12.6. The first-order valence-corrected chi connectivity index (χ1v) is 9.11. The van der Waals surface area contributed by atoms with E-state index in [-0.39, 0.29) is 23.4 Å². The maximum absolute atomic E-state index is 12.6. The smallest absolute Gasteiger partial charge is 0.168 e. The van der Waals surface area contributed by atoms with E-state index in [1.165, 1.54) is 0 Å². The molecule has 0 atom stereocenters. The number of hydrogen-bond acceptors (Lipinski definition) is 5. The quantitative estimate of drug-likeness (QED) is 0.607. The molecule has 1 saturated carbocycles. The normalized spacial score (nSPS) is 20.2. The molecule has 1 aliphatic carbocycles. The molecule has 0 unspecified atom stereocenters. The fourth-order valence-electron chi connectivity index (χ4n) is 3.29. The van der Waals surface area contributed by atoms with Crippen LogP contribution in [0.3, 0.4) is 0 Å². The molecule has 0 radical (unpaired) electrons. The molecule has 1 aromatic carbocycles. The highest BCUT2D eigenvalue weighted by Crippen LogP contribution is 2.36. The summed E-state index contributed by atoms with van der Waals surface area (Å²) in [7, 11) is 1.67. The maximum Gasteiger partial charge on any atom is 0.168 e. The minimum atomic E-state index is -0.128. The molecule has 2 rings (SSSR count). The van der Waals surface area contributed by atoms with Gasteiger partial charge in [-0.15, -0.1) is 0 Å². The van der Waals surface area contributed by atoms with Crippen molar-refractivity contribution in [3.8, 4) is 11.5 Å². The van der Waals surface area contributed by atoms with Crippen LogP contribution in [0.4, 0.5) is 0 Å². The Bertz CT molecular complexity index is 732. The van der Waals surface area contributed by atoms with Crippen molar-refractivity contribution in [2.75, 3.05) is 20.3 Å². The van der Waals surface area contributed by atoms with Gasteiger partial charge in [0.2, 0.25) is 0 Å². The molecule has 0 aliphatic heterocycles. The van der Waals surface area contributed by atoms with Gasteiger partial charge in [-0.1, -0.05) is 19.9 Å². The number of rotatable bonds is 6. The number of aliphatic imine (C=N–C) groups is 1. The minimum absolute atomic E-state index is 0.0460. The van der Waals surface area contributed by atoms with Gasteiger partial charge in [-0.3, -0.25) is 9.79 Å². The zero-order valence-electron chi connectivity index (χ0n) is 16.4. The number of hydrogen-bond donors (Lipinski definition) is 1. The number of allylic oxidation sites excluding steroid dienone is 2. The first kappa shape index (κ1) is 20.0. The van der Waals surface area contributed by atoms with E-state index in [2.05, 4.69) is 4.99 Å². The lowest BCUT2D eigenvalue weighted by Gasteiger charge is -2.31. The van der Waals surface area contributed by atoms with Gasteiger partial charge >= 0.3 is 0 Å². The van der Waals surface area contributed by atoms with Crippen molar-refractivity contribution >= 4 is 11.5 Å². The predicted octanol–water partition coefficient (Wildman–Crippen LogP) is 4.30. The van der Waals surface area contributed by atoms with E-state index in [1.54, 1.807) is 7.05 Å². The molecule has 142 valence electrons. The Labute approximate surface area is 155 Å². The molecule has 0 bridgehead atoms. The number of nitrogens with zero attached hydrogens (tertiary/aromatic N) is 1. The molecular formula is C21H29NO4. The Balaban J connectivity index is 2.33. The van der Waals surface area contributed by atoms with E-state index < -0.39 is 0 Å².